The Morgan fingerprint density at radius 1 is 1.53 bits per heavy atom. The highest BCUT2D eigenvalue weighted by Crippen LogP contribution is 2.22. The van der Waals surface area contributed by atoms with Crippen molar-refractivity contribution in [3.8, 4) is 0 Å². The average Bonchev–Trinajstić information content (AvgIpc) is 2.80. The molecule has 1 fully saturated rings. The number of aromatic amines is 1. The highest BCUT2D eigenvalue weighted by atomic mass is 127. The van der Waals surface area contributed by atoms with Crippen molar-refractivity contribution in [2.75, 3.05) is 13.1 Å². The van der Waals surface area contributed by atoms with Gasteiger partial charge in [0.1, 0.15) is 0 Å². The lowest BCUT2D eigenvalue weighted by Gasteiger charge is -2.30. The van der Waals surface area contributed by atoms with E-state index in [1.807, 2.05) is 23.1 Å². The number of carbonyl (C=O) groups is 1. The molecular formula is C14H16IN3O. The minimum atomic E-state index is 0.0554. The van der Waals surface area contributed by atoms with Crippen LogP contribution in [0, 0.1) is 9.49 Å². The van der Waals surface area contributed by atoms with Crippen molar-refractivity contribution in [3.63, 3.8) is 0 Å². The van der Waals surface area contributed by atoms with Crippen molar-refractivity contribution in [1.29, 1.82) is 0 Å². The summed E-state index contributed by atoms with van der Waals surface area (Å²) in [4.78, 5) is 14.5. The Labute approximate surface area is 125 Å². The van der Waals surface area contributed by atoms with Crippen molar-refractivity contribution < 1.29 is 4.79 Å². The maximum absolute atomic E-state index is 12.6. The number of carbonyl (C=O) groups excluding carboxylic acids is 1. The first-order valence-corrected chi connectivity index (χ1v) is 7.66. The number of aromatic nitrogens is 2. The molecule has 0 radical (unpaired) electrons. The molecule has 5 heteroatoms. The predicted octanol–water partition coefficient (Wildman–Crippen LogP) is 3.04. The van der Waals surface area contributed by atoms with E-state index in [1.165, 1.54) is 6.42 Å². The fraction of sp³-hybridized carbons (Fsp3) is 0.429. The van der Waals surface area contributed by atoms with Gasteiger partial charge in [0, 0.05) is 22.0 Å². The zero-order valence-corrected chi connectivity index (χ0v) is 13.0. The molecule has 1 aromatic carbocycles. The van der Waals surface area contributed by atoms with Crippen LogP contribution in [0.4, 0.5) is 0 Å². The van der Waals surface area contributed by atoms with Crippen LogP contribution in [-0.2, 0) is 0 Å². The second-order valence-electron chi connectivity index (χ2n) is 5.26. The van der Waals surface area contributed by atoms with Gasteiger partial charge in [-0.25, -0.2) is 0 Å². The summed E-state index contributed by atoms with van der Waals surface area (Å²) in [5.41, 5.74) is 1.48. The first-order chi connectivity index (χ1) is 9.15. The molecule has 0 spiro atoms. The van der Waals surface area contributed by atoms with Gasteiger partial charge in [-0.05, 0) is 59.5 Å². The van der Waals surface area contributed by atoms with Gasteiger partial charge in [-0.2, -0.15) is 5.10 Å². The highest BCUT2D eigenvalue weighted by Gasteiger charge is 2.25. The Hall–Kier alpha value is -1.11. The summed E-state index contributed by atoms with van der Waals surface area (Å²) in [6.45, 7) is 3.89. The number of nitrogens with one attached hydrogen (secondary N) is 1. The van der Waals surface area contributed by atoms with Crippen molar-refractivity contribution in [3.05, 3.63) is 27.5 Å². The first kappa shape index (κ1) is 12.9. The fourth-order valence-corrected chi connectivity index (χ4v) is 3.16. The number of H-pyrrole nitrogens is 1. The smallest absolute Gasteiger partial charge is 0.275 e. The number of benzene rings is 1. The van der Waals surface area contributed by atoms with Gasteiger partial charge >= 0.3 is 0 Å². The molecule has 19 heavy (non-hydrogen) atoms. The van der Waals surface area contributed by atoms with Crippen LogP contribution in [-0.4, -0.2) is 34.1 Å². The number of piperidine rings is 1. The van der Waals surface area contributed by atoms with E-state index in [0.717, 1.165) is 34.0 Å². The Morgan fingerprint density at radius 3 is 3.16 bits per heavy atom. The van der Waals surface area contributed by atoms with Gasteiger partial charge in [-0.1, -0.05) is 6.92 Å². The number of amides is 1. The Balaban J connectivity index is 1.95. The third-order valence-electron chi connectivity index (χ3n) is 3.67. The maximum Gasteiger partial charge on any atom is 0.275 e. The van der Waals surface area contributed by atoms with Crippen LogP contribution in [0.1, 0.15) is 30.3 Å². The molecule has 0 bridgehead atoms. The monoisotopic (exact) mass is 369 g/mol. The third kappa shape index (κ3) is 2.48. The van der Waals surface area contributed by atoms with Crippen LogP contribution in [0.25, 0.3) is 10.9 Å². The molecule has 0 unspecified atom stereocenters. The van der Waals surface area contributed by atoms with Gasteiger partial charge in [0.05, 0.1) is 5.52 Å². The summed E-state index contributed by atoms with van der Waals surface area (Å²) in [7, 11) is 0. The molecule has 1 aromatic heterocycles. The molecule has 1 aliphatic rings. The van der Waals surface area contributed by atoms with Crippen LogP contribution in [0.5, 0.6) is 0 Å². The zero-order chi connectivity index (χ0) is 13.4. The van der Waals surface area contributed by atoms with Gasteiger partial charge in [0.25, 0.3) is 5.91 Å². The summed E-state index contributed by atoms with van der Waals surface area (Å²) in [5, 5.41) is 8.09. The van der Waals surface area contributed by atoms with Gasteiger partial charge < -0.3 is 4.90 Å². The molecule has 2 aromatic rings. The summed E-state index contributed by atoms with van der Waals surface area (Å²) in [5.74, 6) is 0.642. The minimum Gasteiger partial charge on any atom is -0.337 e. The highest BCUT2D eigenvalue weighted by molar-refractivity contribution is 14.1. The quantitative estimate of drug-likeness (QED) is 0.786. The molecule has 1 aliphatic heterocycles. The number of halogens is 1. The van der Waals surface area contributed by atoms with E-state index in [1.54, 1.807) is 0 Å². The molecule has 1 atom stereocenters. The molecule has 4 nitrogen and oxygen atoms in total. The Morgan fingerprint density at radius 2 is 2.37 bits per heavy atom. The van der Waals surface area contributed by atoms with Gasteiger partial charge in [-0.15, -0.1) is 0 Å². The minimum absolute atomic E-state index is 0.0554. The first-order valence-electron chi connectivity index (χ1n) is 6.58. The summed E-state index contributed by atoms with van der Waals surface area (Å²) >= 11 is 2.26. The summed E-state index contributed by atoms with van der Waals surface area (Å²) in [6, 6.07) is 6.00. The standard InChI is InChI=1S/C14H16IN3O/c1-9-3-2-6-18(8-9)14(19)13-11-7-10(15)4-5-12(11)16-17-13/h4-5,7,9H,2-3,6,8H2,1H3,(H,16,17)/t9-/m1/s1. The summed E-state index contributed by atoms with van der Waals surface area (Å²) in [6.07, 6.45) is 2.30. The lowest BCUT2D eigenvalue weighted by molar-refractivity contribution is 0.0679. The molecule has 0 saturated carbocycles. The SMILES string of the molecule is C[C@@H]1CCCN(C(=O)c2n[nH]c3ccc(I)cc23)C1. The number of fused-ring (bicyclic) bond motifs is 1. The Bertz CT molecular complexity index is 622. The van der Waals surface area contributed by atoms with Gasteiger partial charge in [0.15, 0.2) is 5.69 Å². The van der Waals surface area contributed by atoms with E-state index in [4.69, 9.17) is 0 Å². The van der Waals surface area contributed by atoms with E-state index in [0.29, 0.717) is 11.6 Å². The largest absolute Gasteiger partial charge is 0.337 e. The van der Waals surface area contributed by atoms with Crippen LogP contribution in [0.2, 0.25) is 0 Å². The number of rotatable bonds is 1. The van der Waals surface area contributed by atoms with Crippen LogP contribution in [0.15, 0.2) is 18.2 Å². The van der Waals surface area contributed by atoms with Crippen LogP contribution < -0.4 is 0 Å². The molecule has 1 saturated heterocycles. The number of hydrogen-bond donors (Lipinski definition) is 1. The lowest BCUT2D eigenvalue weighted by Crippen LogP contribution is -2.39. The lowest BCUT2D eigenvalue weighted by atomic mass is 10.00. The van der Waals surface area contributed by atoms with Crippen molar-refractivity contribution in [2.45, 2.75) is 19.8 Å². The van der Waals surface area contributed by atoms with E-state index in [2.05, 4.69) is 39.7 Å². The Kier molecular flexibility index (Phi) is 3.47. The van der Waals surface area contributed by atoms with Crippen molar-refractivity contribution in [2.24, 2.45) is 5.92 Å². The van der Waals surface area contributed by atoms with E-state index in [9.17, 15) is 4.79 Å². The fourth-order valence-electron chi connectivity index (χ4n) is 2.67. The topological polar surface area (TPSA) is 49.0 Å². The normalized spacial score (nSPS) is 19.9. The second-order valence-corrected chi connectivity index (χ2v) is 6.51. The molecule has 1 N–H and O–H groups in total. The van der Waals surface area contributed by atoms with Crippen LogP contribution >= 0.6 is 22.6 Å². The molecule has 1 amide bonds. The molecule has 0 aliphatic carbocycles. The van der Waals surface area contributed by atoms with E-state index < -0.39 is 0 Å². The molecular weight excluding hydrogens is 353 g/mol. The summed E-state index contributed by atoms with van der Waals surface area (Å²) < 4.78 is 1.12. The van der Waals surface area contributed by atoms with Crippen molar-refractivity contribution in [1.82, 2.24) is 15.1 Å². The van der Waals surface area contributed by atoms with Gasteiger partial charge in [-0.3, -0.25) is 9.89 Å². The predicted molar refractivity (Wildman–Crippen MR) is 83.1 cm³/mol. The second kappa shape index (κ2) is 5.11. The molecule has 2 heterocycles. The van der Waals surface area contributed by atoms with Crippen molar-refractivity contribution >= 4 is 39.4 Å². The number of likely N-dealkylation sites (tertiary alicyclic amines) is 1. The van der Waals surface area contributed by atoms with Gasteiger partial charge in [0.2, 0.25) is 0 Å². The maximum atomic E-state index is 12.6. The molecule has 3 rings (SSSR count). The van der Waals surface area contributed by atoms with E-state index in [-0.39, 0.29) is 5.91 Å². The zero-order valence-electron chi connectivity index (χ0n) is 10.8. The van der Waals surface area contributed by atoms with E-state index >= 15 is 0 Å². The van der Waals surface area contributed by atoms with Crippen LogP contribution in [0.3, 0.4) is 0 Å². The average molecular weight is 369 g/mol. The third-order valence-corrected chi connectivity index (χ3v) is 4.34. The number of nitrogens with zero attached hydrogens (tertiary/aromatic N) is 2. The number of hydrogen-bond acceptors (Lipinski definition) is 2. The molecule has 100 valence electrons.